The number of aliphatic imine (C=N–C) groups is 1. The van der Waals surface area contributed by atoms with Gasteiger partial charge in [0, 0.05) is 6.54 Å². The molecule has 1 heterocycles. The molecule has 15 heavy (non-hydrogen) atoms. The van der Waals surface area contributed by atoms with E-state index in [4.69, 9.17) is 0 Å². The molecule has 1 aliphatic heterocycles. The Kier molecular flexibility index (Phi) is 5.04. The zero-order chi connectivity index (χ0) is 11.1. The molecule has 6 heteroatoms. The Balaban J connectivity index is 2.23. The molecule has 0 bridgehead atoms. The molecule has 0 saturated carbocycles. The van der Waals surface area contributed by atoms with Gasteiger partial charge in [0.1, 0.15) is 5.84 Å². The topological polar surface area (TPSA) is 70.6 Å². The summed E-state index contributed by atoms with van der Waals surface area (Å²) in [6, 6.07) is 0. The van der Waals surface area contributed by atoms with Crippen LogP contribution >= 0.6 is 0 Å². The average Bonchev–Trinajstić information content (AvgIpc) is 2.68. The molecule has 1 rings (SSSR count). The molecule has 0 aromatic heterocycles. The van der Waals surface area contributed by atoms with Gasteiger partial charge in [0.05, 0.1) is 18.8 Å². The highest BCUT2D eigenvalue weighted by Crippen LogP contribution is 1.97. The van der Waals surface area contributed by atoms with Gasteiger partial charge < -0.3 is 5.32 Å². The first kappa shape index (κ1) is 12.4. The van der Waals surface area contributed by atoms with Gasteiger partial charge in [-0.2, -0.15) is 0 Å². The Morgan fingerprint density at radius 3 is 2.87 bits per heavy atom. The highest BCUT2D eigenvalue weighted by Gasteiger charge is 2.12. The molecule has 0 saturated heterocycles. The predicted octanol–water partition coefficient (Wildman–Crippen LogP) is 0.0977. The van der Waals surface area contributed by atoms with Crippen molar-refractivity contribution < 1.29 is 8.42 Å². The minimum absolute atomic E-state index is 0.216. The van der Waals surface area contributed by atoms with Crippen molar-refractivity contribution in [2.45, 2.75) is 26.2 Å². The lowest BCUT2D eigenvalue weighted by Crippen LogP contribution is -2.36. The highest BCUT2D eigenvalue weighted by molar-refractivity contribution is 7.89. The molecule has 0 amide bonds. The zero-order valence-corrected chi connectivity index (χ0v) is 9.94. The molecular formula is C9H19N3O2S. The number of amidine groups is 1. The molecule has 0 radical (unpaired) electrons. The monoisotopic (exact) mass is 233 g/mol. The van der Waals surface area contributed by atoms with E-state index in [1.807, 2.05) is 0 Å². The summed E-state index contributed by atoms with van der Waals surface area (Å²) in [6.45, 7) is 3.91. The van der Waals surface area contributed by atoms with Gasteiger partial charge in [0.15, 0.2) is 0 Å². The third kappa shape index (κ3) is 5.13. The predicted molar refractivity (Wildman–Crippen MR) is 61.6 cm³/mol. The van der Waals surface area contributed by atoms with Gasteiger partial charge in [-0.05, 0) is 6.42 Å². The van der Waals surface area contributed by atoms with Crippen LogP contribution in [0.25, 0.3) is 0 Å². The minimum atomic E-state index is -3.11. The molecule has 1 aliphatic rings. The van der Waals surface area contributed by atoms with Gasteiger partial charge in [-0.1, -0.05) is 19.8 Å². The first-order valence-corrected chi connectivity index (χ1v) is 7.04. The molecule has 5 nitrogen and oxygen atoms in total. The third-order valence-electron chi connectivity index (χ3n) is 2.22. The second-order valence-electron chi connectivity index (χ2n) is 3.60. The summed E-state index contributed by atoms with van der Waals surface area (Å²) in [7, 11) is -3.11. The fourth-order valence-electron chi connectivity index (χ4n) is 1.36. The van der Waals surface area contributed by atoms with E-state index in [9.17, 15) is 8.42 Å². The maximum Gasteiger partial charge on any atom is 0.212 e. The normalized spacial score (nSPS) is 16.2. The van der Waals surface area contributed by atoms with Crippen LogP contribution in [0.2, 0.25) is 0 Å². The largest absolute Gasteiger partial charge is 0.371 e. The molecule has 0 aromatic rings. The van der Waals surface area contributed by atoms with Crippen molar-refractivity contribution in [2.24, 2.45) is 4.99 Å². The lowest BCUT2D eigenvalue weighted by Gasteiger charge is -2.06. The Hall–Kier alpha value is -0.620. The summed E-state index contributed by atoms with van der Waals surface area (Å²) in [6.07, 6.45) is 2.72. The van der Waals surface area contributed by atoms with Crippen LogP contribution in [0.15, 0.2) is 4.99 Å². The molecule has 0 unspecified atom stereocenters. The Morgan fingerprint density at radius 2 is 2.27 bits per heavy atom. The molecule has 2 N–H and O–H groups in total. The van der Waals surface area contributed by atoms with Gasteiger partial charge >= 0.3 is 0 Å². The van der Waals surface area contributed by atoms with Crippen LogP contribution in [-0.4, -0.2) is 39.6 Å². The second kappa shape index (κ2) is 6.07. The maximum absolute atomic E-state index is 11.5. The zero-order valence-electron chi connectivity index (χ0n) is 9.12. The van der Waals surface area contributed by atoms with E-state index < -0.39 is 10.0 Å². The van der Waals surface area contributed by atoms with Crippen LogP contribution < -0.4 is 10.0 Å². The van der Waals surface area contributed by atoms with Gasteiger partial charge in [-0.25, -0.2) is 13.1 Å². The van der Waals surface area contributed by atoms with Crippen molar-refractivity contribution in [1.29, 1.82) is 0 Å². The fourth-order valence-corrected chi connectivity index (χ4v) is 2.44. The third-order valence-corrected chi connectivity index (χ3v) is 3.63. The van der Waals surface area contributed by atoms with Crippen molar-refractivity contribution in [1.82, 2.24) is 10.0 Å². The Bertz CT molecular complexity index is 311. The lowest BCUT2D eigenvalue weighted by molar-refractivity contribution is 0.581. The summed E-state index contributed by atoms with van der Waals surface area (Å²) < 4.78 is 25.5. The van der Waals surface area contributed by atoms with Crippen molar-refractivity contribution in [2.75, 3.05) is 25.4 Å². The van der Waals surface area contributed by atoms with Crippen LogP contribution in [-0.2, 0) is 10.0 Å². The van der Waals surface area contributed by atoms with E-state index in [0.29, 0.717) is 6.54 Å². The van der Waals surface area contributed by atoms with Crippen LogP contribution in [0, 0.1) is 0 Å². The summed E-state index contributed by atoms with van der Waals surface area (Å²) in [4.78, 5) is 4.11. The molecule has 0 aliphatic carbocycles. The number of sulfonamides is 1. The molecular weight excluding hydrogens is 214 g/mol. The van der Waals surface area contributed by atoms with Crippen molar-refractivity contribution in [3.63, 3.8) is 0 Å². The van der Waals surface area contributed by atoms with Gasteiger partial charge in [-0.15, -0.1) is 0 Å². The Morgan fingerprint density at radius 1 is 1.47 bits per heavy atom. The second-order valence-corrected chi connectivity index (χ2v) is 5.53. The quantitative estimate of drug-likeness (QED) is 0.613. The SMILES string of the molecule is CCCCCS(=O)(=O)NCC1=NCCN1. The van der Waals surface area contributed by atoms with E-state index in [1.54, 1.807) is 0 Å². The molecule has 0 fully saturated rings. The van der Waals surface area contributed by atoms with Crippen molar-refractivity contribution >= 4 is 15.9 Å². The van der Waals surface area contributed by atoms with E-state index in [-0.39, 0.29) is 5.75 Å². The average molecular weight is 233 g/mol. The van der Waals surface area contributed by atoms with Crippen LogP contribution in [0.4, 0.5) is 0 Å². The van der Waals surface area contributed by atoms with Crippen molar-refractivity contribution in [3.05, 3.63) is 0 Å². The molecule has 0 aromatic carbocycles. The number of unbranched alkanes of at least 4 members (excludes halogenated alkanes) is 2. The van der Waals surface area contributed by atoms with E-state index in [2.05, 4.69) is 22.0 Å². The van der Waals surface area contributed by atoms with Gasteiger partial charge in [-0.3, -0.25) is 4.99 Å². The highest BCUT2D eigenvalue weighted by atomic mass is 32.2. The molecule has 0 atom stereocenters. The van der Waals surface area contributed by atoms with Gasteiger partial charge in [0.2, 0.25) is 10.0 Å². The van der Waals surface area contributed by atoms with Crippen LogP contribution in [0.5, 0.6) is 0 Å². The number of hydrogen-bond acceptors (Lipinski definition) is 4. The number of rotatable bonds is 7. The standard InChI is InChI=1S/C9H19N3O2S/c1-2-3-4-7-15(13,14)12-8-9-10-5-6-11-9/h12H,2-8H2,1H3,(H,10,11). The number of nitrogens with one attached hydrogen (secondary N) is 2. The number of nitrogens with zero attached hydrogens (tertiary/aromatic N) is 1. The summed E-state index contributed by atoms with van der Waals surface area (Å²) in [5.41, 5.74) is 0. The van der Waals surface area contributed by atoms with E-state index in [1.165, 1.54) is 0 Å². The smallest absolute Gasteiger partial charge is 0.212 e. The lowest BCUT2D eigenvalue weighted by atomic mass is 10.3. The van der Waals surface area contributed by atoms with E-state index in [0.717, 1.165) is 38.2 Å². The number of hydrogen-bond donors (Lipinski definition) is 2. The Labute approximate surface area is 91.4 Å². The molecule has 88 valence electrons. The van der Waals surface area contributed by atoms with Crippen LogP contribution in [0.1, 0.15) is 26.2 Å². The van der Waals surface area contributed by atoms with Gasteiger partial charge in [0.25, 0.3) is 0 Å². The van der Waals surface area contributed by atoms with Crippen LogP contribution in [0.3, 0.4) is 0 Å². The van der Waals surface area contributed by atoms with E-state index >= 15 is 0 Å². The van der Waals surface area contributed by atoms with Crippen molar-refractivity contribution in [3.8, 4) is 0 Å². The first-order chi connectivity index (χ1) is 7.14. The minimum Gasteiger partial charge on any atom is -0.371 e. The maximum atomic E-state index is 11.5. The summed E-state index contributed by atoms with van der Waals surface area (Å²) in [5.74, 6) is 0.961. The fraction of sp³-hybridized carbons (Fsp3) is 0.889. The summed E-state index contributed by atoms with van der Waals surface area (Å²) >= 11 is 0. The molecule has 0 spiro atoms. The summed E-state index contributed by atoms with van der Waals surface area (Å²) in [5, 5.41) is 3.02. The first-order valence-electron chi connectivity index (χ1n) is 5.38.